The molecule has 1 heterocycles. The first-order chi connectivity index (χ1) is 12.2. The third kappa shape index (κ3) is 5.04. The largest absolute Gasteiger partial charge is 0.436 e. The number of benzene rings is 1. The molecule has 1 aromatic carbocycles. The average Bonchev–Trinajstić information content (AvgIpc) is 2.55. The topological polar surface area (TPSA) is 119 Å². The normalized spacial score (nSPS) is 10.7. The Morgan fingerprint density at radius 3 is 2.58 bits per heavy atom. The van der Waals surface area contributed by atoms with Crippen LogP contribution in [0.5, 0.6) is 11.6 Å². The number of primary amides is 1. The molecule has 8 heteroatoms. The predicted octanol–water partition coefficient (Wildman–Crippen LogP) is 2.70. The van der Waals surface area contributed by atoms with Crippen LogP contribution in [0.15, 0.2) is 43.1 Å². The van der Waals surface area contributed by atoms with E-state index >= 15 is 0 Å². The molecular formula is C18H21N5O3. The Hall–Kier alpha value is -3.42. The summed E-state index contributed by atoms with van der Waals surface area (Å²) in [5.41, 5.74) is 5.52. The van der Waals surface area contributed by atoms with Crippen molar-refractivity contribution in [1.29, 1.82) is 0 Å². The molecule has 0 aliphatic carbocycles. The molecule has 0 bridgehead atoms. The van der Waals surface area contributed by atoms with Crippen LogP contribution in [0, 0.1) is 0 Å². The molecule has 0 radical (unpaired) electrons. The summed E-state index contributed by atoms with van der Waals surface area (Å²) >= 11 is 0. The molecule has 2 rings (SSSR count). The number of hydrogen-bond donors (Lipinski definition) is 3. The summed E-state index contributed by atoms with van der Waals surface area (Å²) in [7, 11) is 0. The number of ether oxygens (including phenoxy) is 1. The molecule has 0 saturated carbocycles. The smallest absolute Gasteiger partial charge is 0.255 e. The van der Waals surface area contributed by atoms with Gasteiger partial charge in [0.05, 0.1) is 5.69 Å². The lowest BCUT2D eigenvalue weighted by Gasteiger charge is -2.21. The molecule has 4 N–H and O–H groups in total. The molecule has 0 saturated heterocycles. The van der Waals surface area contributed by atoms with Crippen LogP contribution in [-0.4, -0.2) is 27.3 Å². The van der Waals surface area contributed by atoms with Gasteiger partial charge in [-0.15, -0.1) is 0 Å². The van der Waals surface area contributed by atoms with E-state index in [1.807, 2.05) is 20.8 Å². The van der Waals surface area contributed by atoms with Crippen LogP contribution in [0.2, 0.25) is 0 Å². The van der Waals surface area contributed by atoms with Crippen LogP contribution in [0.3, 0.4) is 0 Å². The molecule has 0 aliphatic rings. The van der Waals surface area contributed by atoms with E-state index in [9.17, 15) is 9.59 Å². The molecule has 0 unspecified atom stereocenters. The van der Waals surface area contributed by atoms with Gasteiger partial charge >= 0.3 is 0 Å². The van der Waals surface area contributed by atoms with Gasteiger partial charge in [-0.1, -0.05) is 18.7 Å². The molecule has 0 aliphatic heterocycles. The zero-order valence-corrected chi connectivity index (χ0v) is 14.9. The first kappa shape index (κ1) is 18.9. The Kier molecular flexibility index (Phi) is 5.56. The molecule has 136 valence electrons. The third-order valence-corrected chi connectivity index (χ3v) is 3.04. The number of hydrogen-bond acceptors (Lipinski definition) is 6. The number of carbonyl (C=O) groups excluding carboxylic acids is 2. The Balaban J connectivity index is 2.41. The van der Waals surface area contributed by atoms with Gasteiger partial charge in [0, 0.05) is 11.7 Å². The Labute approximate surface area is 151 Å². The predicted molar refractivity (Wildman–Crippen MR) is 99.3 cm³/mol. The van der Waals surface area contributed by atoms with Crippen LogP contribution in [-0.2, 0) is 4.79 Å². The first-order valence-electron chi connectivity index (χ1n) is 7.85. The quantitative estimate of drug-likeness (QED) is 0.685. The lowest BCUT2D eigenvalue weighted by molar-refractivity contribution is -0.111. The summed E-state index contributed by atoms with van der Waals surface area (Å²) in [6.45, 7) is 9.24. The lowest BCUT2D eigenvalue weighted by Crippen LogP contribution is -2.27. The molecule has 2 aromatic rings. The van der Waals surface area contributed by atoms with Gasteiger partial charge in [0.1, 0.15) is 5.56 Å². The van der Waals surface area contributed by atoms with Gasteiger partial charge in [-0.25, -0.2) is 4.98 Å². The van der Waals surface area contributed by atoms with E-state index in [1.165, 1.54) is 6.20 Å². The summed E-state index contributed by atoms with van der Waals surface area (Å²) in [4.78, 5) is 31.6. The van der Waals surface area contributed by atoms with E-state index in [4.69, 9.17) is 10.5 Å². The van der Waals surface area contributed by atoms with Gasteiger partial charge < -0.3 is 21.1 Å². The minimum atomic E-state index is -0.727. The zero-order valence-electron chi connectivity index (χ0n) is 14.9. The van der Waals surface area contributed by atoms with Crippen molar-refractivity contribution in [3.05, 3.63) is 48.7 Å². The van der Waals surface area contributed by atoms with Crippen molar-refractivity contribution in [2.75, 3.05) is 10.6 Å². The second-order valence-electron chi connectivity index (χ2n) is 6.44. The number of nitrogens with two attached hydrogens (primary N) is 1. The van der Waals surface area contributed by atoms with Gasteiger partial charge in [0.2, 0.25) is 17.7 Å². The minimum absolute atomic E-state index is 0.0143. The highest BCUT2D eigenvalue weighted by molar-refractivity contribution is 6.00. The van der Waals surface area contributed by atoms with Crippen LogP contribution in [0.1, 0.15) is 31.1 Å². The maximum Gasteiger partial charge on any atom is 0.255 e. The van der Waals surface area contributed by atoms with Gasteiger partial charge in [-0.05, 0) is 39.0 Å². The van der Waals surface area contributed by atoms with E-state index in [2.05, 4.69) is 27.2 Å². The number of nitrogens with zero attached hydrogens (tertiary/aromatic N) is 2. The van der Waals surface area contributed by atoms with Gasteiger partial charge in [0.15, 0.2) is 5.75 Å². The molecule has 8 nitrogen and oxygen atoms in total. The number of rotatable bonds is 6. The highest BCUT2D eigenvalue weighted by Crippen LogP contribution is 2.30. The summed E-state index contributed by atoms with van der Waals surface area (Å²) in [6.07, 6.45) is 2.44. The molecular weight excluding hydrogens is 334 g/mol. The number of carbonyl (C=O) groups is 2. The van der Waals surface area contributed by atoms with Crippen molar-refractivity contribution in [2.45, 2.75) is 26.3 Å². The van der Waals surface area contributed by atoms with Gasteiger partial charge in [-0.2, -0.15) is 4.98 Å². The fourth-order valence-electron chi connectivity index (χ4n) is 1.96. The SMILES string of the molecule is C=CC(=O)Nc1ccccc1Oc1nc(NC(C)(C)C)ncc1C(N)=O. The summed E-state index contributed by atoms with van der Waals surface area (Å²) in [5.74, 6) is -0.556. The van der Waals surface area contributed by atoms with Crippen LogP contribution >= 0.6 is 0 Å². The summed E-state index contributed by atoms with van der Waals surface area (Å²) in [6, 6.07) is 6.73. The molecule has 0 atom stereocenters. The van der Waals surface area contributed by atoms with Crippen molar-refractivity contribution in [3.8, 4) is 11.6 Å². The van der Waals surface area contributed by atoms with Gasteiger partial charge in [-0.3, -0.25) is 9.59 Å². The number of para-hydroxylation sites is 2. The van der Waals surface area contributed by atoms with Crippen molar-refractivity contribution in [1.82, 2.24) is 9.97 Å². The minimum Gasteiger partial charge on any atom is -0.436 e. The second-order valence-corrected chi connectivity index (χ2v) is 6.44. The highest BCUT2D eigenvalue weighted by atomic mass is 16.5. The van der Waals surface area contributed by atoms with E-state index < -0.39 is 11.8 Å². The van der Waals surface area contributed by atoms with Crippen molar-refractivity contribution >= 4 is 23.5 Å². The number of amides is 2. The maximum absolute atomic E-state index is 11.7. The third-order valence-electron chi connectivity index (χ3n) is 3.04. The summed E-state index contributed by atoms with van der Waals surface area (Å²) in [5, 5.41) is 5.72. The molecule has 2 amide bonds. The highest BCUT2D eigenvalue weighted by Gasteiger charge is 2.18. The molecule has 26 heavy (non-hydrogen) atoms. The average molecular weight is 355 g/mol. The fraction of sp³-hybridized carbons (Fsp3) is 0.222. The van der Waals surface area contributed by atoms with Crippen LogP contribution in [0.4, 0.5) is 11.6 Å². The van der Waals surface area contributed by atoms with E-state index in [1.54, 1.807) is 24.3 Å². The maximum atomic E-state index is 11.7. The lowest BCUT2D eigenvalue weighted by atomic mass is 10.1. The molecule has 0 fully saturated rings. The van der Waals surface area contributed by atoms with Crippen molar-refractivity contribution in [3.63, 3.8) is 0 Å². The van der Waals surface area contributed by atoms with Crippen LogP contribution < -0.4 is 21.1 Å². The Morgan fingerprint density at radius 2 is 1.96 bits per heavy atom. The number of anilines is 2. The monoisotopic (exact) mass is 355 g/mol. The Bertz CT molecular complexity index is 843. The van der Waals surface area contributed by atoms with Crippen molar-refractivity contribution in [2.24, 2.45) is 5.73 Å². The number of nitrogens with one attached hydrogen (secondary N) is 2. The second kappa shape index (κ2) is 7.64. The van der Waals surface area contributed by atoms with Crippen molar-refractivity contribution < 1.29 is 14.3 Å². The number of aromatic nitrogens is 2. The summed E-state index contributed by atoms with van der Waals surface area (Å²) < 4.78 is 5.76. The van der Waals surface area contributed by atoms with Crippen LogP contribution in [0.25, 0.3) is 0 Å². The zero-order chi connectivity index (χ0) is 19.3. The standard InChI is InChI=1S/C18H21N5O3/c1-5-14(24)21-12-8-6-7-9-13(12)26-16-11(15(19)25)10-20-17(22-16)23-18(2,3)4/h5-10H,1H2,2-4H3,(H2,19,25)(H,21,24)(H,20,22,23). The molecule has 1 aromatic heterocycles. The fourth-order valence-corrected chi connectivity index (χ4v) is 1.96. The molecule has 0 spiro atoms. The first-order valence-corrected chi connectivity index (χ1v) is 7.85. The van der Waals surface area contributed by atoms with E-state index in [0.29, 0.717) is 11.4 Å². The van der Waals surface area contributed by atoms with E-state index in [-0.39, 0.29) is 22.9 Å². The van der Waals surface area contributed by atoms with E-state index in [0.717, 1.165) is 6.08 Å². The Morgan fingerprint density at radius 1 is 1.27 bits per heavy atom. The van der Waals surface area contributed by atoms with Gasteiger partial charge in [0.25, 0.3) is 5.91 Å².